The van der Waals surface area contributed by atoms with Crippen molar-refractivity contribution in [3.05, 3.63) is 70.9 Å². The lowest BCUT2D eigenvalue weighted by Crippen LogP contribution is -2.21. The first kappa shape index (κ1) is 17.6. The topological polar surface area (TPSA) is 25.2 Å². The Labute approximate surface area is 167 Å². The van der Waals surface area contributed by atoms with Crippen LogP contribution in [0.25, 0.3) is 10.9 Å². The summed E-state index contributed by atoms with van der Waals surface area (Å²) in [5, 5.41) is 1.23. The van der Waals surface area contributed by atoms with E-state index in [-0.39, 0.29) is 0 Å². The van der Waals surface area contributed by atoms with Crippen LogP contribution in [0, 0.1) is 5.92 Å². The van der Waals surface area contributed by atoms with Crippen LogP contribution in [0.15, 0.2) is 53.7 Å². The smallest absolute Gasteiger partial charge is 0.0961 e. The van der Waals surface area contributed by atoms with Crippen LogP contribution in [0.3, 0.4) is 0 Å². The van der Waals surface area contributed by atoms with E-state index in [1.54, 1.807) is 11.1 Å². The highest BCUT2D eigenvalue weighted by atomic mass is 14.8. The molecule has 2 aromatic carbocycles. The van der Waals surface area contributed by atoms with Crippen molar-refractivity contribution in [3.8, 4) is 0 Å². The summed E-state index contributed by atoms with van der Waals surface area (Å²) >= 11 is 0. The maximum Gasteiger partial charge on any atom is 0.0961 e. The second-order valence-corrected chi connectivity index (χ2v) is 8.39. The average molecular weight is 369 g/mol. The van der Waals surface area contributed by atoms with E-state index < -0.39 is 0 Å². The van der Waals surface area contributed by atoms with Gasteiger partial charge in [0.1, 0.15) is 0 Å². The molecule has 3 aromatic rings. The molecule has 2 nitrogen and oxygen atoms in total. The first-order valence-electron chi connectivity index (χ1n) is 10.8. The standard InChI is InChI=1S/C26H28N2/c1-2-23-20(12-11-19-6-3-4-8-24(19)23)10-9-18-16-22-14-13-21-7-5-15-27-25(21)26(22)28-17-18/h3-4,6,8,13-17,20,23H,2,5,7,9-12H2,1H3. The van der Waals surface area contributed by atoms with Gasteiger partial charge in [-0.25, -0.2) is 0 Å². The maximum absolute atomic E-state index is 4.82. The molecule has 28 heavy (non-hydrogen) atoms. The van der Waals surface area contributed by atoms with E-state index in [1.807, 2.05) is 6.21 Å². The minimum Gasteiger partial charge on any atom is -0.259 e. The third-order valence-electron chi connectivity index (χ3n) is 6.78. The van der Waals surface area contributed by atoms with Gasteiger partial charge in [-0.1, -0.05) is 43.3 Å². The summed E-state index contributed by atoms with van der Waals surface area (Å²) in [6.45, 7) is 2.35. The van der Waals surface area contributed by atoms with Crippen molar-refractivity contribution >= 4 is 22.8 Å². The molecule has 0 saturated carbocycles. The van der Waals surface area contributed by atoms with Gasteiger partial charge in [-0.05, 0) is 85.1 Å². The van der Waals surface area contributed by atoms with E-state index in [0.717, 1.165) is 36.4 Å². The summed E-state index contributed by atoms with van der Waals surface area (Å²) in [4.78, 5) is 9.44. The third kappa shape index (κ3) is 3.15. The average Bonchev–Trinajstić information content (AvgIpc) is 2.76. The summed E-state index contributed by atoms with van der Waals surface area (Å²) < 4.78 is 0. The minimum atomic E-state index is 0.708. The Morgan fingerprint density at radius 2 is 1.96 bits per heavy atom. The Hall–Kier alpha value is -2.48. The normalized spacial score (nSPS) is 20.8. The number of aromatic nitrogens is 1. The van der Waals surface area contributed by atoms with Crippen LogP contribution < -0.4 is 0 Å². The highest BCUT2D eigenvalue weighted by Gasteiger charge is 2.27. The highest BCUT2D eigenvalue weighted by Crippen LogP contribution is 2.40. The van der Waals surface area contributed by atoms with E-state index in [1.165, 1.54) is 42.2 Å². The summed E-state index contributed by atoms with van der Waals surface area (Å²) in [6, 6.07) is 15.9. The summed E-state index contributed by atoms with van der Waals surface area (Å²) in [5.41, 5.74) is 8.02. The van der Waals surface area contributed by atoms with Crippen LogP contribution in [-0.2, 0) is 19.3 Å². The lowest BCUT2D eigenvalue weighted by Gasteiger charge is -2.33. The van der Waals surface area contributed by atoms with E-state index >= 15 is 0 Å². The molecule has 0 bridgehead atoms. The monoisotopic (exact) mass is 368 g/mol. The van der Waals surface area contributed by atoms with Gasteiger partial charge >= 0.3 is 0 Å². The fourth-order valence-electron chi connectivity index (χ4n) is 5.30. The Morgan fingerprint density at radius 1 is 1.04 bits per heavy atom. The number of rotatable bonds is 4. The SMILES string of the molecule is CCC1c2ccccc2CCC1CCc1cnc2c3c(ccc2c1)CCC=N3. The van der Waals surface area contributed by atoms with Crippen molar-refractivity contribution in [2.24, 2.45) is 10.9 Å². The zero-order chi connectivity index (χ0) is 18.9. The third-order valence-corrected chi connectivity index (χ3v) is 6.78. The van der Waals surface area contributed by atoms with E-state index in [4.69, 9.17) is 4.98 Å². The van der Waals surface area contributed by atoms with Crippen LogP contribution in [0.1, 0.15) is 60.8 Å². The van der Waals surface area contributed by atoms with Gasteiger partial charge < -0.3 is 0 Å². The molecular formula is C26H28N2. The first-order chi connectivity index (χ1) is 13.8. The molecule has 2 unspecified atom stereocenters. The molecule has 0 saturated heterocycles. The van der Waals surface area contributed by atoms with Gasteiger partial charge in [-0.3, -0.25) is 9.98 Å². The number of pyridine rings is 1. The second-order valence-electron chi connectivity index (χ2n) is 8.39. The fourth-order valence-corrected chi connectivity index (χ4v) is 5.30. The van der Waals surface area contributed by atoms with E-state index in [2.05, 4.69) is 60.6 Å². The van der Waals surface area contributed by atoms with E-state index in [0.29, 0.717) is 5.92 Å². The predicted octanol–water partition coefficient (Wildman–Crippen LogP) is 6.57. The zero-order valence-electron chi connectivity index (χ0n) is 16.7. The summed E-state index contributed by atoms with van der Waals surface area (Å²) in [7, 11) is 0. The van der Waals surface area contributed by atoms with Gasteiger partial charge in [0.2, 0.25) is 0 Å². The van der Waals surface area contributed by atoms with Gasteiger partial charge in [0, 0.05) is 17.8 Å². The second kappa shape index (κ2) is 7.50. The van der Waals surface area contributed by atoms with Crippen LogP contribution in [0.4, 0.5) is 5.69 Å². The molecule has 0 N–H and O–H groups in total. The Morgan fingerprint density at radius 3 is 2.89 bits per heavy atom. The highest BCUT2D eigenvalue weighted by molar-refractivity contribution is 5.93. The number of fused-ring (bicyclic) bond motifs is 4. The van der Waals surface area contributed by atoms with Gasteiger partial charge in [0.15, 0.2) is 0 Å². The number of benzene rings is 2. The first-order valence-corrected chi connectivity index (χ1v) is 10.8. The summed E-state index contributed by atoms with van der Waals surface area (Å²) in [5.74, 6) is 1.49. The summed E-state index contributed by atoms with van der Waals surface area (Å²) in [6.07, 6.45) is 12.4. The molecule has 2 aliphatic rings. The Balaban J connectivity index is 1.36. The molecule has 0 spiro atoms. The van der Waals surface area contributed by atoms with Crippen LogP contribution in [0.5, 0.6) is 0 Å². The number of aryl methyl sites for hydroxylation is 3. The van der Waals surface area contributed by atoms with E-state index in [9.17, 15) is 0 Å². The van der Waals surface area contributed by atoms with Crippen molar-refractivity contribution < 1.29 is 0 Å². The molecular weight excluding hydrogens is 340 g/mol. The Kier molecular flexibility index (Phi) is 4.72. The fraction of sp³-hybridized carbons (Fsp3) is 0.385. The predicted molar refractivity (Wildman–Crippen MR) is 118 cm³/mol. The minimum absolute atomic E-state index is 0.708. The Bertz CT molecular complexity index is 1030. The molecule has 1 aromatic heterocycles. The zero-order valence-corrected chi connectivity index (χ0v) is 16.7. The van der Waals surface area contributed by atoms with Gasteiger partial charge in [0.25, 0.3) is 0 Å². The molecule has 0 fully saturated rings. The molecule has 142 valence electrons. The molecule has 1 aliphatic carbocycles. The molecule has 2 heterocycles. The van der Waals surface area contributed by atoms with Crippen LogP contribution >= 0.6 is 0 Å². The number of aliphatic imine (C=N–C) groups is 1. The van der Waals surface area contributed by atoms with Gasteiger partial charge in [0.05, 0.1) is 11.2 Å². The lowest BCUT2D eigenvalue weighted by molar-refractivity contribution is 0.341. The number of nitrogens with zero attached hydrogens (tertiary/aromatic N) is 2. The van der Waals surface area contributed by atoms with Gasteiger partial charge in [-0.15, -0.1) is 0 Å². The van der Waals surface area contributed by atoms with Gasteiger partial charge in [-0.2, -0.15) is 0 Å². The molecule has 0 amide bonds. The molecule has 2 heteroatoms. The maximum atomic E-state index is 4.82. The van der Waals surface area contributed by atoms with Crippen molar-refractivity contribution in [2.45, 2.75) is 57.8 Å². The number of hydrogen-bond donors (Lipinski definition) is 0. The largest absolute Gasteiger partial charge is 0.259 e. The van der Waals surface area contributed by atoms with Crippen LogP contribution in [0.2, 0.25) is 0 Å². The lowest BCUT2D eigenvalue weighted by atomic mass is 9.72. The molecule has 1 aliphatic heterocycles. The van der Waals surface area contributed by atoms with Crippen molar-refractivity contribution in [1.29, 1.82) is 0 Å². The quantitative estimate of drug-likeness (QED) is 0.511. The van der Waals surface area contributed by atoms with Crippen molar-refractivity contribution in [2.75, 3.05) is 0 Å². The van der Waals surface area contributed by atoms with Crippen molar-refractivity contribution in [3.63, 3.8) is 0 Å². The molecule has 5 rings (SSSR count). The van der Waals surface area contributed by atoms with Crippen LogP contribution in [-0.4, -0.2) is 11.2 Å². The molecule has 2 atom stereocenters. The molecule has 0 radical (unpaired) electrons. The van der Waals surface area contributed by atoms with Crippen molar-refractivity contribution in [1.82, 2.24) is 4.98 Å². The number of hydrogen-bond acceptors (Lipinski definition) is 2.